The van der Waals surface area contributed by atoms with Crippen LogP contribution in [0.25, 0.3) is 11.1 Å². The number of piperidine rings is 1. The molecule has 1 amide bonds. The lowest BCUT2D eigenvalue weighted by Crippen LogP contribution is -2.43. The van der Waals surface area contributed by atoms with Gasteiger partial charge in [-0.1, -0.05) is 0 Å². The normalized spacial score (nSPS) is 16.0. The molecule has 1 aromatic heterocycles. The molecule has 1 aliphatic rings. The van der Waals surface area contributed by atoms with Crippen LogP contribution in [0.1, 0.15) is 33.6 Å². The van der Waals surface area contributed by atoms with Gasteiger partial charge in [-0.15, -0.1) is 0 Å². The number of benzene rings is 1. The molecule has 7 nitrogen and oxygen atoms in total. The number of carbonyl (C=O) groups is 1. The number of amides is 1. The zero-order chi connectivity index (χ0) is 17.9. The second kappa shape index (κ2) is 7.31. The first-order chi connectivity index (χ1) is 11.9. The molecule has 0 atom stereocenters. The molecule has 3 rings (SSSR count). The molecule has 0 aliphatic carbocycles. The predicted octanol–water partition coefficient (Wildman–Crippen LogP) is 2.29. The van der Waals surface area contributed by atoms with Gasteiger partial charge in [0.15, 0.2) is 12.2 Å². The molecule has 7 heteroatoms. The van der Waals surface area contributed by atoms with Crippen molar-refractivity contribution >= 4 is 23.0 Å². The largest absolute Gasteiger partial charge is 0.484 e. The zero-order valence-corrected chi connectivity index (χ0v) is 15.0. The summed E-state index contributed by atoms with van der Waals surface area (Å²) in [4.78, 5) is 16.3. The summed E-state index contributed by atoms with van der Waals surface area (Å²) in [7, 11) is 0. The summed E-state index contributed by atoms with van der Waals surface area (Å²) in [6.45, 7) is 7.79. The van der Waals surface area contributed by atoms with E-state index in [2.05, 4.69) is 20.9 Å². The number of carbonyl (C=O) groups excluding carboxylic acids is 1. The van der Waals surface area contributed by atoms with Crippen LogP contribution in [0.4, 0.5) is 6.01 Å². The van der Waals surface area contributed by atoms with Crippen molar-refractivity contribution in [2.24, 2.45) is 0 Å². The van der Waals surface area contributed by atoms with Gasteiger partial charge >= 0.3 is 0 Å². The molecule has 2 heterocycles. The van der Waals surface area contributed by atoms with Crippen LogP contribution in [0.15, 0.2) is 22.6 Å². The van der Waals surface area contributed by atoms with E-state index in [1.165, 1.54) is 0 Å². The Balaban J connectivity index is 1.61. The summed E-state index contributed by atoms with van der Waals surface area (Å²) < 4.78 is 11.3. The van der Waals surface area contributed by atoms with Gasteiger partial charge in [0, 0.05) is 17.6 Å². The Hall–Kier alpha value is -2.28. The van der Waals surface area contributed by atoms with E-state index >= 15 is 0 Å². The lowest BCUT2D eigenvalue weighted by atomic mass is 10.1. The summed E-state index contributed by atoms with van der Waals surface area (Å²) in [5, 5.41) is 9.54. The van der Waals surface area contributed by atoms with E-state index in [0.717, 1.165) is 25.9 Å². The molecule has 0 radical (unpaired) electrons. The fourth-order valence-corrected chi connectivity index (χ4v) is 2.80. The highest BCUT2D eigenvalue weighted by Crippen LogP contribution is 2.24. The lowest BCUT2D eigenvalue weighted by molar-refractivity contribution is -0.124. The topological polar surface area (TPSA) is 88.4 Å². The molecule has 0 spiro atoms. The van der Waals surface area contributed by atoms with E-state index in [0.29, 0.717) is 28.9 Å². The molecular formula is C18H26N4O3. The number of oxazole rings is 1. The van der Waals surface area contributed by atoms with Crippen molar-refractivity contribution < 1.29 is 13.9 Å². The van der Waals surface area contributed by atoms with Crippen LogP contribution in [0, 0.1) is 0 Å². The maximum Gasteiger partial charge on any atom is 0.295 e. The number of fused-ring (bicyclic) bond motifs is 1. The Bertz CT molecular complexity index is 729. The number of hydrogen-bond acceptors (Lipinski definition) is 6. The lowest BCUT2D eigenvalue weighted by Gasteiger charge is -2.22. The number of nitrogens with zero attached hydrogens (tertiary/aromatic N) is 1. The first kappa shape index (κ1) is 17.5. The molecule has 2 aromatic rings. The number of hydrogen-bond donors (Lipinski definition) is 3. The molecule has 0 bridgehead atoms. The SMILES string of the molecule is CC(C)(C)NC(=O)COc1ccc2oc(NC3CCNCC3)nc2c1. The molecule has 1 aromatic carbocycles. The number of nitrogens with one attached hydrogen (secondary N) is 3. The fraction of sp³-hybridized carbons (Fsp3) is 0.556. The van der Waals surface area contributed by atoms with E-state index in [1.54, 1.807) is 12.1 Å². The third-order valence-corrected chi connectivity index (χ3v) is 3.91. The number of anilines is 1. The maximum atomic E-state index is 11.8. The van der Waals surface area contributed by atoms with Gasteiger partial charge in [-0.25, -0.2) is 0 Å². The molecule has 1 saturated heterocycles. The van der Waals surface area contributed by atoms with Gasteiger partial charge in [0.1, 0.15) is 11.3 Å². The first-order valence-electron chi connectivity index (χ1n) is 8.71. The van der Waals surface area contributed by atoms with Gasteiger partial charge in [0.25, 0.3) is 11.9 Å². The monoisotopic (exact) mass is 346 g/mol. The molecule has 0 saturated carbocycles. The second-order valence-corrected chi connectivity index (χ2v) is 7.40. The zero-order valence-electron chi connectivity index (χ0n) is 15.0. The van der Waals surface area contributed by atoms with Crippen LogP contribution in [0.2, 0.25) is 0 Å². The Kier molecular flexibility index (Phi) is 5.13. The van der Waals surface area contributed by atoms with Gasteiger partial charge < -0.3 is 25.1 Å². The van der Waals surface area contributed by atoms with Crippen molar-refractivity contribution in [1.82, 2.24) is 15.6 Å². The predicted molar refractivity (Wildman–Crippen MR) is 96.9 cm³/mol. The van der Waals surface area contributed by atoms with Crippen molar-refractivity contribution in [3.8, 4) is 5.75 Å². The number of ether oxygens (including phenoxy) is 1. The third-order valence-electron chi connectivity index (χ3n) is 3.91. The van der Waals surface area contributed by atoms with Crippen LogP contribution in [-0.4, -0.2) is 42.2 Å². The highest BCUT2D eigenvalue weighted by Gasteiger charge is 2.16. The maximum absolute atomic E-state index is 11.8. The minimum atomic E-state index is -0.272. The van der Waals surface area contributed by atoms with E-state index in [1.807, 2.05) is 26.8 Å². The minimum absolute atomic E-state index is 0.0270. The van der Waals surface area contributed by atoms with Crippen molar-refractivity contribution in [1.29, 1.82) is 0 Å². The number of aromatic nitrogens is 1. The average molecular weight is 346 g/mol. The highest BCUT2D eigenvalue weighted by atomic mass is 16.5. The summed E-state index contributed by atoms with van der Waals surface area (Å²) in [5.74, 6) is 0.444. The molecule has 0 unspecified atom stereocenters. The Morgan fingerprint density at radius 2 is 2.12 bits per heavy atom. The second-order valence-electron chi connectivity index (χ2n) is 7.40. The van der Waals surface area contributed by atoms with Crippen molar-refractivity contribution in [3.63, 3.8) is 0 Å². The molecule has 136 valence electrons. The van der Waals surface area contributed by atoms with Crippen LogP contribution < -0.4 is 20.7 Å². The van der Waals surface area contributed by atoms with E-state index in [-0.39, 0.29) is 18.1 Å². The van der Waals surface area contributed by atoms with Gasteiger partial charge in [0.05, 0.1) is 0 Å². The number of rotatable bonds is 5. The summed E-state index contributed by atoms with van der Waals surface area (Å²) in [6.07, 6.45) is 2.10. The van der Waals surface area contributed by atoms with E-state index < -0.39 is 0 Å². The van der Waals surface area contributed by atoms with Crippen LogP contribution in [0.5, 0.6) is 5.75 Å². The Morgan fingerprint density at radius 1 is 1.36 bits per heavy atom. The van der Waals surface area contributed by atoms with Crippen LogP contribution >= 0.6 is 0 Å². The third kappa shape index (κ3) is 5.09. The quantitative estimate of drug-likeness (QED) is 0.770. The Morgan fingerprint density at radius 3 is 2.84 bits per heavy atom. The average Bonchev–Trinajstić information content (AvgIpc) is 2.93. The van der Waals surface area contributed by atoms with Crippen LogP contribution in [-0.2, 0) is 4.79 Å². The minimum Gasteiger partial charge on any atom is -0.484 e. The van der Waals surface area contributed by atoms with Crippen LogP contribution in [0.3, 0.4) is 0 Å². The van der Waals surface area contributed by atoms with Gasteiger partial charge in [-0.2, -0.15) is 4.98 Å². The van der Waals surface area contributed by atoms with Gasteiger partial charge in [0.2, 0.25) is 0 Å². The van der Waals surface area contributed by atoms with Crippen molar-refractivity contribution in [2.75, 3.05) is 25.0 Å². The standard InChI is InChI=1S/C18H26N4O3/c1-18(2,3)22-16(23)11-24-13-4-5-15-14(10-13)21-17(25-15)20-12-6-8-19-9-7-12/h4-5,10,12,19H,6-9,11H2,1-3H3,(H,20,21)(H,22,23). The molecule has 1 aliphatic heterocycles. The fourth-order valence-electron chi connectivity index (χ4n) is 2.80. The highest BCUT2D eigenvalue weighted by molar-refractivity contribution is 5.79. The van der Waals surface area contributed by atoms with Crippen molar-refractivity contribution in [2.45, 2.75) is 45.2 Å². The smallest absolute Gasteiger partial charge is 0.295 e. The van der Waals surface area contributed by atoms with Gasteiger partial charge in [-0.05, 0) is 58.8 Å². The van der Waals surface area contributed by atoms with Gasteiger partial charge in [-0.3, -0.25) is 4.79 Å². The molecule has 1 fully saturated rings. The van der Waals surface area contributed by atoms with E-state index in [4.69, 9.17) is 9.15 Å². The first-order valence-corrected chi connectivity index (χ1v) is 8.71. The van der Waals surface area contributed by atoms with E-state index in [9.17, 15) is 4.79 Å². The summed E-state index contributed by atoms with van der Waals surface area (Å²) in [6, 6.07) is 6.30. The summed E-state index contributed by atoms with van der Waals surface area (Å²) >= 11 is 0. The van der Waals surface area contributed by atoms with Crippen molar-refractivity contribution in [3.05, 3.63) is 18.2 Å². The summed E-state index contributed by atoms with van der Waals surface area (Å²) in [5.41, 5.74) is 1.14. The molecule has 3 N–H and O–H groups in total. The molecule has 25 heavy (non-hydrogen) atoms. The molecular weight excluding hydrogens is 320 g/mol. The Labute approximate surface area is 147 Å².